The van der Waals surface area contributed by atoms with Crippen LogP contribution < -0.4 is 14.2 Å². The first kappa shape index (κ1) is 30.5. The number of hydrogen-bond donors (Lipinski definition) is 1. The minimum atomic E-state index is -0.666. The third kappa shape index (κ3) is 7.97. The number of methoxy groups -OCH3 is 4. The fourth-order valence-corrected chi connectivity index (χ4v) is 5.59. The van der Waals surface area contributed by atoms with Crippen LogP contribution in [0, 0.1) is 17.3 Å². The van der Waals surface area contributed by atoms with Crippen LogP contribution in [0.3, 0.4) is 0 Å². The lowest BCUT2D eigenvalue weighted by atomic mass is 9.80. The van der Waals surface area contributed by atoms with E-state index in [4.69, 9.17) is 23.7 Å². The Morgan fingerprint density at radius 3 is 2.37 bits per heavy atom. The molecule has 0 bridgehead atoms. The van der Waals surface area contributed by atoms with Gasteiger partial charge in [0, 0.05) is 51.7 Å². The van der Waals surface area contributed by atoms with E-state index >= 15 is 0 Å². The first-order valence-corrected chi connectivity index (χ1v) is 13.8. The molecule has 0 spiro atoms. The number of nitrogens with zero attached hydrogens (tertiary/aromatic N) is 2. The summed E-state index contributed by atoms with van der Waals surface area (Å²) >= 11 is 0. The van der Waals surface area contributed by atoms with E-state index in [9.17, 15) is 9.90 Å². The Hall–Kier alpha value is -2.07. The largest absolute Gasteiger partial charge is 0.493 e. The molecule has 2 aliphatic heterocycles. The lowest BCUT2D eigenvalue weighted by molar-refractivity contribution is -0.137. The fourth-order valence-electron chi connectivity index (χ4n) is 5.59. The average molecular weight is 537 g/mol. The predicted molar refractivity (Wildman–Crippen MR) is 146 cm³/mol. The van der Waals surface area contributed by atoms with Gasteiger partial charge in [0.05, 0.1) is 40.6 Å². The smallest absolute Gasteiger partial charge is 0.223 e. The van der Waals surface area contributed by atoms with E-state index < -0.39 is 11.5 Å². The van der Waals surface area contributed by atoms with E-state index in [1.54, 1.807) is 33.3 Å². The van der Waals surface area contributed by atoms with Gasteiger partial charge in [0.1, 0.15) is 0 Å². The molecule has 1 amide bonds. The molecule has 9 heteroatoms. The van der Waals surface area contributed by atoms with Gasteiger partial charge in [0.2, 0.25) is 11.7 Å². The van der Waals surface area contributed by atoms with E-state index in [1.165, 1.54) is 0 Å². The number of ether oxygens (including phenoxy) is 5. The first-order chi connectivity index (χ1) is 18.2. The van der Waals surface area contributed by atoms with Crippen LogP contribution >= 0.6 is 0 Å². The van der Waals surface area contributed by atoms with Crippen molar-refractivity contribution in [2.75, 3.05) is 74.4 Å². The van der Waals surface area contributed by atoms with Gasteiger partial charge in [-0.3, -0.25) is 9.69 Å². The van der Waals surface area contributed by atoms with Crippen molar-refractivity contribution >= 4 is 5.91 Å². The Kier molecular flexibility index (Phi) is 11.5. The number of hydrogen-bond acceptors (Lipinski definition) is 8. The molecule has 216 valence electrons. The molecule has 1 aromatic carbocycles. The van der Waals surface area contributed by atoms with Crippen LogP contribution in [-0.2, 0) is 20.8 Å². The van der Waals surface area contributed by atoms with Crippen LogP contribution in [0.1, 0.15) is 45.1 Å². The molecule has 3 rings (SSSR count). The SMILES string of the molecule is COCCN1C[C@H](O)C(C)(C)COCCC[C@H]2CN(Cc3cc(OC)c(OC)c(OC)c3)CC[C@H]2CC1=O. The molecule has 2 heterocycles. The van der Waals surface area contributed by atoms with Gasteiger partial charge in [-0.25, -0.2) is 0 Å². The van der Waals surface area contributed by atoms with Crippen LogP contribution in [0.5, 0.6) is 17.2 Å². The van der Waals surface area contributed by atoms with Gasteiger partial charge in [0.15, 0.2) is 11.5 Å². The number of likely N-dealkylation sites (tertiary alicyclic amines) is 1. The Morgan fingerprint density at radius 2 is 1.74 bits per heavy atom. The number of fused-ring (bicyclic) bond motifs is 1. The van der Waals surface area contributed by atoms with Crippen LogP contribution in [0.4, 0.5) is 0 Å². The number of aliphatic hydroxyl groups excluding tert-OH is 1. The molecule has 1 N–H and O–H groups in total. The van der Waals surface area contributed by atoms with E-state index in [0.717, 1.165) is 44.5 Å². The summed E-state index contributed by atoms with van der Waals surface area (Å²) in [7, 11) is 6.52. The number of carbonyl (C=O) groups excluding carboxylic acids is 1. The van der Waals surface area contributed by atoms with Crippen molar-refractivity contribution in [1.82, 2.24) is 9.80 Å². The number of β-amino-alcohol motifs (C(OH)–C–C–N with tert-alkyl or cyclic N) is 1. The summed E-state index contributed by atoms with van der Waals surface area (Å²) in [5.41, 5.74) is 0.660. The third-order valence-electron chi connectivity index (χ3n) is 8.09. The Morgan fingerprint density at radius 1 is 1.03 bits per heavy atom. The number of amides is 1. The third-order valence-corrected chi connectivity index (χ3v) is 8.09. The average Bonchev–Trinajstić information content (AvgIpc) is 2.91. The van der Waals surface area contributed by atoms with Crippen LogP contribution in [0.25, 0.3) is 0 Å². The van der Waals surface area contributed by atoms with Crippen molar-refractivity contribution in [3.8, 4) is 17.2 Å². The van der Waals surface area contributed by atoms with Gasteiger partial charge in [-0.05, 0) is 55.3 Å². The zero-order valence-corrected chi connectivity index (χ0v) is 24.2. The molecule has 9 nitrogen and oxygen atoms in total. The number of benzene rings is 1. The van der Waals surface area contributed by atoms with Crippen molar-refractivity contribution in [2.24, 2.45) is 17.3 Å². The second-order valence-electron chi connectivity index (χ2n) is 11.3. The molecule has 1 aromatic rings. The standard InChI is InChI=1S/C29H48N2O7/c1-29(2)20-38-12-7-8-23-18-30(17-21-14-24(35-4)28(37-6)25(15-21)36-5)10-9-22(23)16-27(33)31(11-13-34-3)19-26(29)32/h14-15,22-23,26,32H,7-13,16-20H2,1-6H3/t22-,23-,26-/m0/s1. The molecule has 2 aliphatic rings. The second kappa shape index (κ2) is 14.4. The number of rotatable bonds is 8. The second-order valence-corrected chi connectivity index (χ2v) is 11.3. The van der Waals surface area contributed by atoms with Crippen molar-refractivity contribution in [1.29, 1.82) is 0 Å². The van der Waals surface area contributed by atoms with Crippen LogP contribution in [0.2, 0.25) is 0 Å². The summed E-state index contributed by atoms with van der Waals surface area (Å²) in [5, 5.41) is 10.9. The normalized spacial score (nSPS) is 25.5. The zero-order chi connectivity index (χ0) is 27.7. The van der Waals surface area contributed by atoms with Gasteiger partial charge in [-0.2, -0.15) is 0 Å². The summed E-state index contributed by atoms with van der Waals surface area (Å²) in [6, 6.07) is 4.02. The molecule has 0 saturated carbocycles. The highest BCUT2D eigenvalue weighted by Gasteiger charge is 2.35. The van der Waals surface area contributed by atoms with Crippen molar-refractivity contribution in [2.45, 2.75) is 52.2 Å². The van der Waals surface area contributed by atoms with E-state index in [1.807, 2.05) is 26.0 Å². The van der Waals surface area contributed by atoms with Gasteiger partial charge in [-0.15, -0.1) is 0 Å². The number of piperidine rings is 1. The molecule has 0 radical (unpaired) electrons. The highest BCUT2D eigenvalue weighted by molar-refractivity contribution is 5.76. The highest BCUT2D eigenvalue weighted by Crippen LogP contribution is 2.39. The van der Waals surface area contributed by atoms with Crippen molar-refractivity contribution < 1.29 is 33.6 Å². The first-order valence-electron chi connectivity index (χ1n) is 13.8. The van der Waals surface area contributed by atoms with Crippen LogP contribution in [-0.4, -0.2) is 101 Å². The van der Waals surface area contributed by atoms with Crippen molar-refractivity contribution in [3.05, 3.63) is 17.7 Å². The maximum absolute atomic E-state index is 13.5. The summed E-state index contributed by atoms with van der Waals surface area (Å²) in [5.74, 6) is 2.70. The molecule has 0 unspecified atom stereocenters. The zero-order valence-electron chi connectivity index (χ0n) is 24.2. The summed E-state index contributed by atoms with van der Waals surface area (Å²) in [4.78, 5) is 17.7. The molecule has 38 heavy (non-hydrogen) atoms. The Bertz CT molecular complexity index is 869. The van der Waals surface area contributed by atoms with Gasteiger partial charge in [-0.1, -0.05) is 13.8 Å². The molecular weight excluding hydrogens is 488 g/mol. The maximum atomic E-state index is 13.5. The molecule has 0 aliphatic carbocycles. The molecule has 2 saturated heterocycles. The molecular formula is C29H48N2O7. The van der Waals surface area contributed by atoms with Gasteiger partial charge in [0.25, 0.3) is 0 Å². The summed E-state index contributed by atoms with van der Waals surface area (Å²) in [6.07, 6.45) is 2.73. The molecule has 2 fully saturated rings. The Balaban J connectivity index is 1.75. The van der Waals surface area contributed by atoms with Gasteiger partial charge >= 0.3 is 0 Å². The minimum Gasteiger partial charge on any atom is -0.493 e. The predicted octanol–water partition coefficient (Wildman–Crippen LogP) is 3.21. The maximum Gasteiger partial charge on any atom is 0.223 e. The lowest BCUT2D eigenvalue weighted by Gasteiger charge is -2.39. The number of carbonyl (C=O) groups is 1. The highest BCUT2D eigenvalue weighted by atomic mass is 16.5. The van der Waals surface area contributed by atoms with E-state index in [0.29, 0.717) is 68.4 Å². The summed E-state index contributed by atoms with van der Waals surface area (Å²) in [6.45, 7) is 8.94. The van der Waals surface area contributed by atoms with Crippen molar-refractivity contribution in [3.63, 3.8) is 0 Å². The summed E-state index contributed by atoms with van der Waals surface area (Å²) < 4.78 is 27.8. The Labute approximate surface area is 228 Å². The van der Waals surface area contributed by atoms with Gasteiger partial charge < -0.3 is 33.7 Å². The number of aliphatic hydroxyl groups is 1. The quantitative estimate of drug-likeness (QED) is 0.542. The van der Waals surface area contributed by atoms with Crippen LogP contribution in [0.15, 0.2) is 12.1 Å². The van der Waals surface area contributed by atoms with E-state index in [2.05, 4.69) is 4.90 Å². The molecule has 0 aromatic heterocycles. The topological polar surface area (TPSA) is 89.9 Å². The monoisotopic (exact) mass is 536 g/mol. The van der Waals surface area contributed by atoms with E-state index in [-0.39, 0.29) is 5.91 Å². The minimum absolute atomic E-state index is 0.102. The molecule has 3 atom stereocenters. The fraction of sp³-hybridized carbons (Fsp3) is 0.759. The lowest BCUT2D eigenvalue weighted by Crippen LogP contribution is -2.47.